The zero-order valence-corrected chi connectivity index (χ0v) is 24.7. The number of nitrogens with one attached hydrogen (secondary N) is 1. The third-order valence-corrected chi connectivity index (χ3v) is 9.32. The Morgan fingerprint density at radius 2 is 1.91 bits per heavy atom. The van der Waals surface area contributed by atoms with Gasteiger partial charge >= 0.3 is 0 Å². The summed E-state index contributed by atoms with van der Waals surface area (Å²) in [6, 6.07) is 9.39. The van der Waals surface area contributed by atoms with Crippen LogP contribution in [0, 0.1) is 5.82 Å². The van der Waals surface area contributed by atoms with Gasteiger partial charge in [-0.2, -0.15) is 0 Å². The number of benzene rings is 2. The van der Waals surface area contributed by atoms with Crippen molar-refractivity contribution in [1.29, 1.82) is 0 Å². The first-order valence-electron chi connectivity index (χ1n) is 13.4. The van der Waals surface area contributed by atoms with Gasteiger partial charge in [0.1, 0.15) is 11.6 Å². The molecule has 0 spiro atoms. The number of hydrogen-bond acceptors (Lipinski definition) is 10. The van der Waals surface area contributed by atoms with Crippen LogP contribution >= 0.6 is 0 Å². The Bertz CT molecular complexity index is 1590. The maximum absolute atomic E-state index is 15.0. The normalized spacial score (nSPS) is 15.2. The molecule has 1 aliphatic heterocycles. The molecule has 1 amide bonds. The molecule has 2 heterocycles. The molecule has 15 heteroatoms. The molecule has 1 aliphatic rings. The van der Waals surface area contributed by atoms with Crippen LogP contribution in [0.5, 0.6) is 5.75 Å². The first-order valence-corrected chi connectivity index (χ1v) is 15.3. The molecule has 2 aromatic carbocycles. The van der Waals surface area contributed by atoms with Crippen LogP contribution in [-0.2, 0) is 30.7 Å². The third kappa shape index (κ3) is 8.34. The quantitative estimate of drug-likeness (QED) is 0.123. The molecule has 0 bridgehead atoms. The first-order chi connectivity index (χ1) is 20.4. The number of nitrogens with zero attached hydrogens (tertiary/aromatic N) is 3. The van der Waals surface area contributed by atoms with Gasteiger partial charge in [0.15, 0.2) is 14.6 Å². The number of fused-ring (bicyclic) bond motifs is 1. The van der Waals surface area contributed by atoms with Crippen molar-refractivity contribution in [3.05, 3.63) is 58.9 Å². The monoisotopic (exact) mass is 622 g/mol. The predicted molar refractivity (Wildman–Crippen MR) is 155 cm³/mol. The molecular formula is C28H35FN4O9S. The van der Waals surface area contributed by atoms with E-state index >= 15 is 0 Å². The molecule has 3 N–H and O–H groups in total. The number of rotatable bonds is 11. The fourth-order valence-corrected chi connectivity index (χ4v) is 5.37. The van der Waals surface area contributed by atoms with Crippen LogP contribution in [0.25, 0.3) is 22.0 Å². The summed E-state index contributed by atoms with van der Waals surface area (Å²) in [6.45, 7) is 5.45. The lowest BCUT2D eigenvalue weighted by Crippen LogP contribution is -2.50. The number of carboxylic acid groups (broad SMARTS) is 1. The van der Waals surface area contributed by atoms with Crippen molar-refractivity contribution in [2.24, 2.45) is 0 Å². The highest BCUT2D eigenvalue weighted by atomic mass is 32.2. The molecule has 234 valence electrons. The largest absolute Gasteiger partial charge is 0.493 e. The average molecular weight is 623 g/mol. The Balaban J connectivity index is 0.00000162. The SMILES string of the molecule is CC(CCn1cnc2cc(-c3ccc(OCCCN4CCOCC4)cc3F)ccc2c1=O)(C(=O)NO)S(C)(=O)=O.O=CO. The Kier molecular flexibility index (Phi) is 11.7. The summed E-state index contributed by atoms with van der Waals surface area (Å²) in [7, 11) is -3.91. The lowest BCUT2D eigenvalue weighted by Gasteiger charge is -2.26. The van der Waals surface area contributed by atoms with E-state index in [1.165, 1.54) is 35.4 Å². The Morgan fingerprint density at radius 3 is 2.53 bits per heavy atom. The number of sulfone groups is 1. The predicted octanol–water partition coefficient (Wildman–Crippen LogP) is 1.70. The molecule has 1 unspecified atom stereocenters. The van der Waals surface area contributed by atoms with Crippen LogP contribution in [0.2, 0.25) is 0 Å². The van der Waals surface area contributed by atoms with Gasteiger partial charge in [0.2, 0.25) is 0 Å². The van der Waals surface area contributed by atoms with E-state index in [4.69, 9.17) is 24.6 Å². The minimum Gasteiger partial charge on any atom is -0.493 e. The summed E-state index contributed by atoms with van der Waals surface area (Å²) in [5.41, 5.74) is 2.12. The zero-order chi connectivity index (χ0) is 31.6. The number of carbonyl (C=O) groups excluding carboxylic acids is 1. The second kappa shape index (κ2) is 15.0. The van der Waals surface area contributed by atoms with E-state index in [9.17, 15) is 22.4 Å². The summed E-state index contributed by atoms with van der Waals surface area (Å²) < 4.78 is 49.7. The van der Waals surface area contributed by atoms with Crippen LogP contribution in [0.3, 0.4) is 0 Å². The molecule has 1 fully saturated rings. The summed E-state index contributed by atoms with van der Waals surface area (Å²) >= 11 is 0. The fourth-order valence-electron chi connectivity index (χ4n) is 4.53. The standard InChI is InChI=1S/C27H33FN4O7S.CH2O2/c1-27(26(34)30-35,40(2,36)37)8-10-32-18-29-24-16-19(4-6-22(24)25(32)33)21-7-5-20(17-23(21)28)39-13-3-9-31-11-14-38-15-12-31;2-1-3/h4-7,16-18,35H,3,8-15H2,1-2H3,(H,30,34);1H,(H,2,3). The molecule has 0 radical (unpaired) electrons. The highest BCUT2D eigenvalue weighted by Gasteiger charge is 2.43. The molecule has 13 nitrogen and oxygen atoms in total. The second-order valence-corrected chi connectivity index (χ2v) is 12.5. The summed E-state index contributed by atoms with van der Waals surface area (Å²) in [6.07, 6.45) is 2.68. The lowest BCUT2D eigenvalue weighted by atomic mass is 10.0. The smallest absolute Gasteiger partial charge is 0.290 e. The number of ether oxygens (including phenoxy) is 2. The fraction of sp³-hybridized carbons (Fsp3) is 0.429. The van der Waals surface area contributed by atoms with E-state index in [1.54, 1.807) is 24.3 Å². The average Bonchev–Trinajstić information content (AvgIpc) is 2.98. The van der Waals surface area contributed by atoms with Crippen LogP contribution < -0.4 is 15.8 Å². The van der Waals surface area contributed by atoms with E-state index in [0.717, 1.165) is 45.5 Å². The molecule has 1 atom stereocenters. The van der Waals surface area contributed by atoms with Gasteiger partial charge in [0.25, 0.3) is 17.9 Å². The van der Waals surface area contributed by atoms with Gasteiger partial charge in [0.05, 0.1) is 37.1 Å². The highest BCUT2D eigenvalue weighted by Crippen LogP contribution is 2.28. The van der Waals surface area contributed by atoms with Gasteiger partial charge in [-0.1, -0.05) is 6.07 Å². The second-order valence-electron chi connectivity index (χ2n) is 10.1. The molecule has 1 aromatic heterocycles. The van der Waals surface area contributed by atoms with Crippen molar-refractivity contribution >= 4 is 33.1 Å². The minimum atomic E-state index is -3.91. The molecule has 0 aliphatic carbocycles. The van der Waals surface area contributed by atoms with Gasteiger partial charge in [-0.3, -0.25) is 29.1 Å². The van der Waals surface area contributed by atoms with Gasteiger partial charge in [-0.25, -0.2) is 23.3 Å². The molecule has 4 rings (SSSR count). The molecule has 1 saturated heterocycles. The Hall–Kier alpha value is -3.92. The number of aryl methyl sites for hydroxylation is 1. The Morgan fingerprint density at radius 1 is 1.21 bits per heavy atom. The van der Waals surface area contributed by atoms with E-state index in [-0.39, 0.29) is 24.8 Å². The van der Waals surface area contributed by atoms with Crippen molar-refractivity contribution in [2.75, 3.05) is 45.7 Å². The number of morpholine rings is 1. The van der Waals surface area contributed by atoms with E-state index in [2.05, 4.69) is 9.88 Å². The van der Waals surface area contributed by atoms with Gasteiger partial charge in [-0.05, 0) is 49.6 Å². The molecule has 3 aromatic rings. The van der Waals surface area contributed by atoms with E-state index in [0.29, 0.717) is 29.0 Å². The molecular weight excluding hydrogens is 587 g/mol. The van der Waals surface area contributed by atoms with Crippen molar-refractivity contribution in [1.82, 2.24) is 19.9 Å². The van der Waals surface area contributed by atoms with Crippen molar-refractivity contribution < 1.29 is 42.2 Å². The summed E-state index contributed by atoms with van der Waals surface area (Å²) in [5, 5.41) is 16.1. The Labute approximate surface area is 247 Å². The molecule has 0 saturated carbocycles. The van der Waals surface area contributed by atoms with Gasteiger partial charge < -0.3 is 14.6 Å². The van der Waals surface area contributed by atoms with Crippen molar-refractivity contribution in [3.63, 3.8) is 0 Å². The minimum absolute atomic E-state index is 0.136. The maximum Gasteiger partial charge on any atom is 0.290 e. The van der Waals surface area contributed by atoms with E-state index < -0.39 is 31.9 Å². The number of hydroxylamine groups is 1. The number of aromatic nitrogens is 2. The van der Waals surface area contributed by atoms with Crippen LogP contribution in [0.4, 0.5) is 4.39 Å². The van der Waals surface area contributed by atoms with Gasteiger partial charge in [0, 0.05) is 44.1 Å². The third-order valence-electron chi connectivity index (χ3n) is 7.30. The number of carbonyl (C=O) groups is 2. The summed E-state index contributed by atoms with van der Waals surface area (Å²) in [4.78, 5) is 40.1. The van der Waals surface area contributed by atoms with Crippen LogP contribution in [0.15, 0.2) is 47.5 Å². The van der Waals surface area contributed by atoms with Crippen LogP contribution in [0.1, 0.15) is 19.8 Å². The van der Waals surface area contributed by atoms with Gasteiger partial charge in [-0.15, -0.1) is 0 Å². The molecule has 43 heavy (non-hydrogen) atoms. The topological polar surface area (TPSA) is 177 Å². The first kappa shape index (κ1) is 33.6. The number of hydrogen-bond donors (Lipinski definition) is 3. The summed E-state index contributed by atoms with van der Waals surface area (Å²) in [5.74, 6) is -1.13. The number of halogens is 1. The maximum atomic E-state index is 15.0. The zero-order valence-electron chi connectivity index (χ0n) is 23.9. The number of amides is 1. The highest BCUT2D eigenvalue weighted by molar-refractivity contribution is 7.92. The lowest BCUT2D eigenvalue weighted by molar-refractivity contribution is -0.131. The van der Waals surface area contributed by atoms with Crippen LogP contribution in [-0.4, -0.2) is 96.0 Å². The van der Waals surface area contributed by atoms with Crippen molar-refractivity contribution in [3.8, 4) is 16.9 Å². The van der Waals surface area contributed by atoms with E-state index in [1.807, 2.05) is 0 Å². The van der Waals surface area contributed by atoms with Crippen molar-refractivity contribution in [2.45, 2.75) is 31.1 Å².